The summed E-state index contributed by atoms with van der Waals surface area (Å²) < 4.78 is 16.2. The highest BCUT2D eigenvalue weighted by Crippen LogP contribution is 2.41. The SMILES string of the molecule is CCOC(=O)C1=C(C)NC(C)=C(C(=O)OCC)C1c1ccccc1C=C(C)C(=O)OC(C)(C)C. The number of dihydropyridines is 1. The Kier molecular flexibility index (Phi) is 8.85. The average Bonchev–Trinajstić information content (AvgIpc) is 2.72. The van der Waals surface area contributed by atoms with Gasteiger partial charge in [-0.25, -0.2) is 14.4 Å². The summed E-state index contributed by atoms with van der Waals surface area (Å²) in [6.07, 6.45) is 1.71. The fourth-order valence-corrected chi connectivity index (χ4v) is 3.82. The van der Waals surface area contributed by atoms with Crippen LogP contribution in [-0.2, 0) is 28.6 Å². The van der Waals surface area contributed by atoms with E-state index in [0.29, 0.717) is 39.2 Å². The molecule has 7 heteroatoms. The normalized spacial score (nSPS) is 15.1. The van der Waals surface area contributed by atoms with E-state index in [1.165, 1.54) is 0 Å². The predicted octanol–water partition coefficient (Wildman–Crippen LogP) is 4.79. The summed E-state index contributed by atoms with van der Waals surface area (Å²) in [5.41, 5.74) is 2.96. The van der Waals surface area contributed by atoms with Gasteiger partial charge in [0.1, 0.15) is 5.60 Å². The molecule has 184 valence electrons. The lowest BCUT2D eigenvalue weighted by Crippen LogP contribution is -2.32. The monoisotopic (exact) mass is 469 g/mol. The van der Waals surface area contributed by atoms with Gasteiger partial charge in [-0.05, 0) is 72.6 Å². The van der Waals surface area contributed by atoms with Crippen LogP contribution in [-0.4, -0.2) is 36.7 Å². The second kappa shape index (κ2) is 11.2. The summed E-state index contributed by atoms with van der Waals surface area (Å²) in [7, 11) is 0. The van der Waals surface area contributed by atoms with E-state index in [1.54, 1.807) is 61.5 Å². The maximum Gasteiger partial charge on any atom is 0.336 e. The number of nitrogens with one attached hydrogen (secondary N) is 1. The molecule has 0 fully saturated rings. The van der Waals surface area contributed by atoms with Crippen molar-refractivity contribution in [1.29, 1.82) is 0 Å². The summed E-state index contributed by atoms with van der Waals surface area (Å²) >= 11 is 0. The fourth-order valence-electron chi connectivity index (χ4n) is 3.82. The Morgan fingerprint density at radius 1 is 0.941 bits per heavy atom. The van der Waals surface area contributed by atoms with Crippen molar-refractivity contribution < 1.29 is 28.6 Å². The van der Waals surface area contributed by atoms with E-state index in [2.05, 4.69) is 5.32 Å². The maximum atomic E-state index is 13.0. The molecule has 7 nitrogen and oxygen atoms in total. The fraction of sp³-hybridized carbons (Fsp3) is 0.444. The molecular formula is C27H35NO6. The Morgan fingerprint density at radius 3 is 1.91 bits per heavy atom. The molecule has 0 unspecified atom stereocenters. The number of benzene rings is 1. The Balaban J connectivity index is 2.71. The summed E-state index contributed by atoms with van der Waals surface area (Å²) in [6, 6.07) is 7.33. The summed E-state index contributed by atoms with van der Waals surface area (Å²) in [5.74, 6) is -2.22. The van der Waals surface area contributed by atoms with Crippen molar-refractivity contribution in [3.05, 3.63) is 63.5 Å². The van der Waals surface area contributed by atoms with Crippen LogP contribution in [0.1, 0.15) is 72.4 Å². The van der Waals surface area contributed by atoms with Gasteiger partial charge in [0, 0.05) is 17.0 Å². The first-order valence-electron chi connectivity index (χ1n) is 11.4. The van der Waals surface area contributed by atoms with Crippen LogP contribution in [0.15, 0.2) is 52.4 Å². The molecule has 0 spiro atoms. The first-order valence-corrected chi connectivity index (χ1v) is 11.4. The first-order chi connectivity index (χ1) is 15.9. The first kappa shape index (κ1) is 26.9. The summed E-state index contributed by atoms with van der Waals surface area (Å²) in [4.78, 5) is 38.7. The average molecular weight is 470 g/mol. The Labute approximate surface area is 201 Å². The molecule has 1 aliphatic rings. The van der Waals surface area contributed by atoms with E-state index in [9.17, 15) is 14.4 Å². The van der Waals surface area contributed by atoms with Gasteiger partial charge in [-0.15, -0.1) is 0 Å². The molecule has 0 saturated heterocycles. The number of allylic oxidation sites excluding steroid dienone is 2. The van der Waals surface area contributed by atoms with E-state index in [-0.39, 0.29) is 13.2 Å². The Bertz CT molecular complexity index is 1020. The van der Waals surface area contributed by atoms with Crippen molar-refractivity contribution >= 4 is 24.0 Å². The Hall–Kier alpha value is -3.35. The van der Waals surface area contributed by atoms with Crippen LogP contribution in [0.4, 0.5) is 0 Å². The minimum Gasteiger partial charge on any atom is -0.463 e. The van der Waals surface area contributed by atoms with Gasteiger partial charge in [-0.2, -0.15) is 0 Å². The van der Waals surface area contributed by atoms with Crippen molar-refractivity contribution in [2.24, 2.45) is 0 Å². The largest absolute Gasteiger partial charge is 0.463 e. The van der Waals surface area contributed by atoms with Crippen LogP contribution in [0.2, 0.25) is 0 Å². The zero-order valence-corrected chi connectivity index (χ0v) is 21.3. The van der Waals surface area contributed by atoms with Gasteiger partial charge in [0.15, 0.2) is 0 Å². The van der Waals surface area contributed by atoms with Crippen LogP contribution >= 0.6 is 0 Å². The quantitative estimate of drug-likeness (QED) is 0.349. The Morgan fingerprint density at radius 2 is 1.44 bits per heavy atom. The van der Waals surface area contributed by atoms with E-state index in [4.69, 9.17) is 14.2 Å². The molecule has 1 aromatic carbocycles. The third kappa shape index (κ3) is 6.37. The van der Waals surface area contributed by atoms with E-state index >= 15 is 0 Å². The number of esters is 3. The second-order valence-corrected chi connectivity index (χ2v) is 9.03. The van der Waals surface area contributed by atoms with E-state index in [1.807, 2.05) is 24.3 Å². The zero-order valence-electron chi connectivity index (χ0n) is 21.3. The van der Waals surface area contributed by atoms with Crippen LogP contribution < -0.4 is 5.32 Å². The van der Waals surface area contributed by atoms with Crippen molar-refractivity contribution in [2.75, 3.05) is 13.2 Å². The van der Waals surface area contributed by atoms with E-state index < -0.39 is 29.4 Å². The molecule has 2 rings (SSSR count). The molecule has 0 bridgehead atoms. The molecule has 1 aliphatic heterocycles. The second-order valence-electron chi connectivity index (χ2n) is 9.03. The lowest BCUT2D eigenvalue weighted by atomic mass is 9.78. The third-order valence-corrected chi connectivity index (χ3v) is 5.15. The van der Waals surface area contributed by atoms with Gasteiger partial charge in [0.2, 0.25) is 0 Å². The molecule has 0 aliphatic carbocycles. The molecular weight excluding hydrogens is 434 g/mol. The molecule has 0 saturated carbocycles. The number of hydrogen-bond donors (Lipinski definition) is 1. The van der Waals surface area contributed by atoms with Gasteiger partial charge in [-0.1, -0.05) is 24.3 Å². The molecule has 0 aromatic heterocycles. The molecule has 0 radical (unpaired) electrons. The number of rotatable bonds is 7. The lowest BCUT2D eigenvalue weighted by molar-refractivity contribution is -0.149. The van der Waals surface area contributed by atoms with Gasteiger partial charge in [0.25, 0.3) is 0 Å². The van der Waals surface area contributed by atoms with E-state index in [0.717, 1.165) is 0 Å². The van der Waals surface area contributed by atoms with Crippen molar-refractivity contribution in [3.8, 4) is 0 Å². The van der Waals surface area contributed by atoms with Crippen molar-refractivity contribution in [2.45, 2.75) is 66.9 Å². The van der Waals surface area contributed by atoms with Crippen molar-refractivity contribution in [1.82, 2.24) is 5.32 Å². The van der Waals surface area contributed by atoms with Crippen LogP contribution in [0.25, 0.3) is 6.08 Å². The highest BCUT2D eigenvalue weighted by Gasteiger charge is 2.38. The summed E-state index contributed by atoms with van der Waals surface area (Å²) in [6.45, 7) is 14.5. The van der Waals surface area contributed by atoms with Gasteiger partial charge in [0.05, 0.1) is 30.3 Å². The highest BCUT2D eigenvalue weighted by atomic mass is 16.6. The molecule has 1 heterocycles. The predicted molar refractivity (Wildman–Crippen MR) is 130 cm³/mol. The number of carbonyl (C=O) groups excluding carboxylic acids is 3. The smallest absolute Gasteiger partial charge is 0.336 e. The minimum absolute atomic E-state index is 0.194. The third-order valence-electron chi connectivity index (χ3n) is 5.15. The topological polar surface area (TPSA) is 90.9 Å². The maximum absolute atomic E-state index is 13.0. The number of ether oxygens (including phenoxy) is 3. The molecule has 0 atom stereocenters. The number of carbonyl (C=O) groups is 3. The van der Waals surface area contributed by atoms with Gasteiger partial charge >= 0.3 is 17.9 Å². The van der Waals surface area contributed by atoms with Crippen LogP contribution in [0.3, 0.4) is 0 Å². The van der Waals surface area contributed by atoms with Crippen LogP contribution in [0.5, 0.6) is 0 Å². The van der Waals surface area contributed by atoms with Gasteiger partial charge < -0.3 is 19.5 Å². The van der Waals surface area contributed by atoms with Crippen molar-refractivity contribution in [3.63, 3.8) is 0 Å². The number of hydrogen-bond acceptors (Lipinski definition) is 7. The molecule has 1 aromatic rings. The standard InChI is InChI=1S/C27H35NO6/c1-9-32-25(30)21-17(4)28-18(5)22(26(31)33-10-2)23(21)20-14-12-11-13-19(20)15-16(3)24(29)34-27(6,7)8/h11-15,23,28H,9-10H2,1-8H3. The molecule has 1 N–H and O–H groups in total. The lowest BCUT2D eigenvalue weighted by Gasteiger charge is -2.31. The highest BCUT2D eigenvalue weighted by molar-refractivity contribution is 6.00. The van der Waals surface area contributed by atoms with Gasteiger partial charge in [-0.3, -0.25) is 0 Å². The zero-order chi connectivity index (χ0) is 25.6. The minimum atomic E-state index is -0.738. The van der Waals surface area contributed by atoms with Crippen LogP contribution in [0, 0.1) is 0 Å². The summed E-state index contributed by atoms with van der Waals surface area (Å²) in [5, 5.41) is 3.13. The molecule has 0 amide bonds. The molecule has 34 heavy (non-hydrogen) atoms.